The fourth-order valence-electron chi connectivity index (χ4n) is 3.08. The molecular weight excluding hydrogens is 346 g/mol. The summed E-state index contributed by atoms with van der Waals surface area (Å²) in [6, 6.07) is 13.2. The Morgan fingerprint density at radius 1 is 1.04 bits per heavy atom. The van der Waals surface area contributed by atoms with Crippen molar-refractivity contribution >= 4 is 40.4 Å². The molecule has 0 atom stereocenters. The van der Waals surface area contributed by atoms with Gasteiger partial charge in [-0.1, -0.05) is 12.1 Å². The molecule has 1 aliphatic rings. The number of thiocarbonyl (C=S) groups is 1. The SMILES string of the molecule is CC(=O)Nc1cccc2c1CCN(C(=S)Nc1ccc(C(C)=O)cc1)C2. The molecule has 2 aromatic rings. The van der Waals surface area contributed by atoms with Crippen molar-refractivity contribution in [3.05, 3.63) is 59.2 Å². The molecule has 1 aliphatic heterocycles. The van der Waals surface area contributed by atoms with E-state index in [0.29, 0.717) is 17.2 Å². The van der Waals surface area contributed by atoms with Gasteiger partial charge in [0.15, 0.2) is 10.9 Å². The van der Waals surface area contributed by atoms with Crippen LogP contribution in [0.5, 0.6) is 0 Å². The number of carbonyl (C=O) groups excluding carboxylic acids is 2. The molecule has 0 fully saturated rings. The Morgan fingerprint density at radius 2 is 1.77 bits per heavy atom. The van der Waals surface area contributed by atoms with Gasteiger partial charge in [0.25, 0.3) is 0 Å². The zero-order valence-electron chi connectivity index (χ0n) is 14.8. The Bertz CT molecular complexity index is 862. The van der Waals surface area contributed by atoms with E-state index in [4.69, 9.17) is 12.2 Å². The zero-order valence-corrected chi connectivity index (χ0v) is 15.7. The normalized spacial score (nSPS) is 12.9. The lowest BCUT2D eigenvalue weighted by Crippen LogP contribution is -2.39. The summed E-state index contributed by atoms with van der Waals surface area (Å²) < 4.78 is 0. The Kier molecular flexibility index (Phi) is 5.32. The fourth-order valence-corrected chi connectivity index (χ4v) is 3.35. The van der Waals surface area contributed by atoms with Gasteiger partial charge in [0.05, 0.1) is 0 Å². The zero-order chi connectivity index (χ0) is 18.7. The van der Waals surface area contributed by atoms with Gasteiger partial charge in [-0.2, -0.15) is 0 Å². The second-order valence-corrected chi connectivity index (χ2v) is 6.75. The maximum Gasteiger partial charge on any atom is 0.221 e. The van der Waals surface area contributed by atoms with E-state index in [2.05, 4.69) is 21.6 Å². The molecule has 134 valence electrons. The van der Waals surface area contributed by atoms with Crippen LogP contribution < -0.4 is 10.6 Å². The highest BCUT2D eigenvalue weighted by atomic mass is 32.1. The minimum absolute atomic E-state index is 0.0433. The Hall–Kier alpha value is -2.73. The maximum atomic E-state index is 11.4. The third-order valence-electron chi connectivity index (χ3n) is 4.41. The minimum Gasteiger partial charge on any atom is -0.344 e. The third kappa shape index (κ3) is 4.08. The number of ketones is 1. The van der Waals surface area contributed by atoms with Crippen molar-refractivity contribution in [2.45, 2.75) is 26.8 Å². The fraction of sp³-hybridized carbons (Fsp3) is 0.250. The lowest BCUT2D eigenvalue weighted by atomic mass is 9.98. The predicted molar refractivity (Wildman–Crippen MR) is 108 cm³/mol. The lowest BCUT2D eigenvalue weighted by Gasteiger charge is -2.32. The van der Waals surface area contributed by atoms with Gasteiger partial charge in [0, 0.05) is 37.0 Å². The average Bonchev–Trinajstić information content (AvgIpc) is 2.61. The number of Topliss-reactive ketones (excluding diaryl/α,β-unsaturated/α-hetero) is 1. The molecule has 3 rings (SSSR count). The molecule has 0 aliphatic carbocycles. The summed E-state index contributed by atoms with van der Waals surface area (Å²) in [6.07, 6.45) is 0.816. The number of carbonyl (C=O) groups is 2. The highest BCUT2D eigenvalue weighted by Gasteiger charge is 2.21. The smallest absolute Gasteiger partial charge is 0.221 e. The summed E-state index contributed by atoms with van der Waals surface area (Å²) in [5.41, 5.74) is 4.76. The summed E-state index contributed by atoms with van der Waals surface area (Å²) >= 11 is 5.55. The molecule has 0 spiro atoms. The van der Waals surface area contributed by atoms with Gasteiger partial charge in [0.2, 0.25) is 5.91 Å². The number of rotatable bonds is 3. The number of hydrogen-bond donors (Lipinski definition) is 2. The maximum absolute atomic E-state index is 11.4. The Morgan fingerprint density at radius 3 is 2.42 bits per heavy atom. The van der Waals surface area contributed by atoms with Crippen LogP contribution in [-0.2, 0) is 17.8 Å². The van der Waals surface area contributed by atoms with Crippen LogP contribution in [0.3, 0.4) is 0 Å². The van der Waals surface area contributed by atoms with Crippen molar-refractivity contribution in [2.24, 2.45) is 0 Å². The molecule has 0 saturated carbocycles. The number of amides is 1. The van der Waals surface area contributed by atoms with Crippen LogP contribution in [-0.4, -0.2) is 28.2 Å². The van der Waals surface area contributed by atoms with Gasteiger partial charge in [0.1, 0.15) is 0 Å². The van der Waals surface area contributed by atoms with Gasteiger partial charge >= 0.3 is 0 Å². The van der Waals surface area contributed by atoms with Crippen molar-refractivity contribution in [3.63, 3.8) is 0 Å². The average molecular weight is 367 g/mol. The first-order valence-corrected chi connectivity index (χ1v) is 8.90. The quantitative estimate of drug-likeness (QED) is 0.641. The van der Waals surface area contributed by atoms with E-state index in [0.717, 1.165) is 24.3 Å². The summed E-state index contributed by atoms with van der Waals surface area (Å²) in [6.45, 7) is 4.54. The molecular formula is C20H21N3O2S. The summed E-state index contributed by atoms with van der Waals surface area (Å²) in [5, 5.41) is 6.78. The first kappa shape index (κ1) is 18.1. The van der Waals surface area contributed by atoms with E-state index in [1.807, 2.05) is 24.3 Å². The minimum atomic E-state index is -0.0629. The molecule has 26 heavy (non-hydrogen) atoms. The van der Waals surface area contributed by atoms with Gasteiger partial charge in [-0.3, -0.25) is 9.59 Å². The standard InChI is InChI=1S/C20H21N3O2S/c1-13(24)15-6-8-17(9-7-15)22-20(26)23-11-10-18-16(12-23)4-3-5-19(18)21-14(2)25/h3-9H,10-12H2,1-2H3,(H,21,25)(H,22,26). The van der Waals surface area contributed by atoms with E-state index < -0.39 is 0 Å². The molecule has 1 amide bonds. The Labute approximate surface area is 158 Å². The largest absolute Gasteiger partial charge is 0.344 e. The topological polar surface area (TPSA) is 61.4 Å². The summed E-state index contributed by atoms with van der Waals surface area (Å²) in [7, 11) is 0. The van der Waals surface area contributed by atoms with Crippen LogP contribution >= 0.6 is 12.2 Å². The van der Waals surface area contributed by atoms with E-state index in [9.17, 15) is 9.59 Å². The molecule has 2 aromatic carbocycles. The van der Waals surface area contributed by atoms with Crippen LogP contribution in [0.25, 0.3) is 0 Å². The van der Waals surface area contributed by atoms with Gasteiger partial charge < -0.3 is 15.5 Å². The van der Waals surface area contributed by atoms with Crippen LogP contribution in [0.2, 0.25) is 0 Å². The number of benzene rings is 2. The van der Waals surface area contributed by atoms with Crippen LogP contribution in [0.4, 0.5) is 11.4 Å². The molecule has 1 heterocycles. The van der Waals surface area contributed by atoms with Crippen molar-refractivity contribution in [3.8, 4) is 0 Å². The number of nitrogens with one attached hydrogen (secondary N) is 2. The van der Waals surface area contributed by atoms with Gasteiger partial charge in [-0.15, -0.1) is 0 Å². The molecule has 5 nitrogen and oxygen atoms in total. The van der Waals surface area contributed by atoms with E-state index in [1.165, 1.54) is 18.1 Å². The Balaban J connectivity index is 1.69. The van der Waals surface area contributed by atoms with E-state index >= 15 is 0 Å². The highest BCUT2D eigenvalue weighted by molar-refractivity contribution is 7.80. The first-order valence-electron chi connectivity index (χ1n) is 8.49. The highest BCUT2D eigenvalue weighted by Crippen LogP contribution is 2.26. The predicted octanol–water partition coefficient (Wildman–Crippen LogP) is 3.60. The monoisotopic (exact) mass is 367 g/mol. The van der Waals surface area contributed by atoms with Crippen LogP contribution in [0, 0.1) is 0 Å². The van der Waals surface area contributed by atoms with Crippen molar-refractivity contribution in [2.75, 3.05) is 17.2 Å². The molecule has 0 bridgehead atoms. The first-order chi connectivity index (χ1) is 12.4. The third-order valence-corrected chi connectivity index (χ3v) is 4.77. The molecule has 0 saturated heterocycles. The number of nitrogens with zero attached hydrogens (tertiary/aromatic N) is 1. The van der Waals surface area contributed by atoms with Crippen LogP contribution in [0.1, 0.15) is 35.3 Å². The molecule has 0 unspecified atom stereocenters. The van der Waals surface area contributed by atoms with Crippen molar-refractivity contribution < 1.29 is 9.59 Å². The summed E-state index contributed by atoms with van der Waals surface area (Å²) in [4.78, 5) is 24.8. The number of anilines is 2. The second kappa shape index (κ2) is 7.66. The number of hydrogen-bond acceptors (Lipinski definition) is 3. The molecule has 6 heteroatoms. The van der Waals surface area contributed by atoms with Crippen molar-refractivity contribution in [1.29, 1.82) is 0 Å². The molecule has 0 aromatic heterocycles. The lowest BCUT2D eigenvalue weighted by molar-refractivity contribution is -0.114. The molecule has 2 N–H and O–H groups in total. The van der Waals surface area contributed by atoms with Crippen LogP contribution in [0.15, 0.2) is 42.5 Å². The second-order valence-electron chi connectivity index (χ2n) is 6.36. The number of fused-ring (bicyclic) bond motifs is 1. The molecule has 0 radical (unpaired) electrons. The van der Waals surface area contributed by atoms with Gasteiger partial charge in [-0.25, -0.2) is 0 Å². The van der Waals surface area contributed by atoms with Gasteiger partial charge in [-0.05, 0) is 67.0 Å². The summed E-state index contributed by atoms with van der Waals surface area (Å²) in [5.74, 6) is -0.0197. The van der Waals surface area contributed by atoms with E-state index in [1.54, 1.807) is 19.1 Å². The van der Waals surface area contributed by atoms with E-state index in [-0.39, 0.29) is 11.7 Å². The van der Waals surface area contributed by atoms with Crippen molar-refractivity contribution in [1.82, 2.24) is 4.90 Å².